The lowest BCUT2D eigenvalue weighted by Crippen LogP contribution is -2.48. The summed E-state index contributed by atoms with van der Waals surface area (Å²) in [5, 5.41) is 22.0. The minimum absolute atomic E-state index is 0.0663. The third kappa shape index (κ3) is 3.78. The van der Waals surface area contributed by atoms with Crippen LogP contribution in [-0.2, 0) is 10.5 Å². The van der Waals surface area contributed by atoms with Crippen molar-refractivity contribution in [3.05, 3.63) is 70.3 Å². The molecule has 0 radical (unpaired) electrons. The van der Waals surface area contributed by atoms with E-state index in [0.29, 0.717) is 21.9 Å². The van der Waals surface area contributed by atoms with E-state index in [9.17, 15) is 15.2 Å². The minimum atomic E-state index is -1.52. The minimum Gasteiger partial charge on any atom is -0.497 e. The molecule has 31 heavy (non-hydrogen) atoms. The number of nitriles is 1. The van der Waals surface area contributed by atoms with Crippen LogP contribution in [0.25, 0.3) is 0 Å². The molecular weight excluding hydrogens is 412 g/mol. The van der Waals surface area contributed by atoms with Crippen molar-refractivity contribution < 1.29 is 19.4 Å². The molecule has 0 aromatic heterocycles. The van der Waals surface area contributed by atoms with Crippen molar-refractivity contribution in [1.29, 1.82) is 5.26 Å². The van der Waals surface area contributed by atoms with Gasteiger partial charge in [-0.25, -0.2) is 0 Å². The second kappa shape index (κ2) is 8.29. The Kier molecular flexibility index (Phi) is 5.69. The highest BCUT2D eigenvalue weighted by Crippen LogP contribution is 2.52. The third-order valence-corrected chi connectivity index (χ3v) is 6.72. The Morgan fingerprint density at radius 3 is 2.61 bits per heavy atom. The van der Waals surface area contributed by atoms with Crippen molar-refractivity contribution in [1.82, 2.24) is 4.90 Å². The van der Waals surface area contributed by atoms with E-state index in [0.717, 1.165) is 11.3 Å². The number of methoxy groups -OCH3 is 1. The highest BCUT2D eigenvalue weighted by molar-refractivity contribution is 8.03. The highest BCUT2D eigenvalue weighted by atomic mass is 32.2. The van der Waals surface area contributed by atoms with E-state index in [2.05, 4.69) is 6.07 Å². The van der Waals surface area contributed by atoms with Gasteiger partial charge in [0, 0.05) is 17.9 Å². The molecule has 2 heterocycles. The maximum absolute atomic E-state index is 13.2. The number of ether oxygens (including phenoxy) is 2. The largest absolute Gasteiger partial charge is 0.497 e. The van der Waals surface area contributed by atoms with Crippen LogP contribution in [0.4, 0.5) is 0 Å². The van der Waals surface area contributed by atoms with Gasteiger partial charge < -0.3 is 14.6 Å². The molecule has 0 spiro atoms. The van der Waals surface area contributed by atoms with Crippen LogP contribution in [0.2, 0.25) is 0 Å². The summed E-state index contributed by atoms with van der Waals surface area (Å²) >= 11 is 1.33. The number of rotatable bonds is 5. The summed E-state index contributed by atoms with van der Waals surface area (Å²) in [4.78, 5) is 14.6. The molecule has 1 fully saturated rings. The normalized spacial score (nSPS) is 23.0. The predicted molar refractivity (Wildman–Crippen MR) is 118 cm³/mol. The maximum atomic E-state index is 13.2. The summed E-state index contributed by atoms with van der Waals surface area (Å²) < 4.78 is 11.0. The molecule has 2 aliphatic heterocycles. The van der Waals surface area contributed by atoms with E-state index in [1.165, 1.54) is 16.7 Å². The van der Waals surface area contributed by atoms with Gasteiger partial charge in [0.2, 0.25) is 5.91 Å². The number of hydrogen-bond acceptors (Lipinski definition) is 6. The lowest BCUT2D eigenvalue weighted by atomic mass is 9.85. The fraction of sp³-hybridized carbons (Fsp3) is 0.333. The average molecular weight is 437 g/mol. The van der Waals surface area contributed by atoms with Crippen LogP contribution < -0.4 is 9.47 Å². The van der Waals surface area contributed by atoms with Gasteiger partial charge in [0.05, 0.1) is 35.6 Å². The predicted octanol–water partition coefficient (Wildman–Crippen LogP) is 4.13. The van der Waals surface area contributed by atoms with Gasteiger partial charge in [-0.3, -0.25) is 9.69 Å². The van der Waals surface area contributed by atoms with Gasteiger partial charge in [-0.1, -0.05) is 24.3 Å². The van der Waals surface area contributed by atoms with Crippen molar-refractivity contribution >= 4 is 17.7 Å². The number of allylic oxidation sites excluding steroid dienone is 1. The van der Waals surface area contributed by atoms with Crippen LogP contribution in [0, 0.1) is 11.3 Å². The van der Waals surface area contributed by atoms with Crippen LogP contribution >= 0.6 is 11.8 Å². The quantitative estimate of drug-likeness (QED) is 0.759. The first-order valence-electron chi connectivity index (χ1n) is 10.1. The van der Waals surface area contributed by atoms with Gasteiger partial charge in [0.25, 0.3) is 0 Å². The van der Waals surface area contributed by atoms with Crippen LogP contribution in [-0.4, -0.2) is 34.9 Å². The number of nitrogens with zero attached hydrogens (tertiary/aromatic N) is 2. The maximum Gasteiger partial charge on any atom is 0.231 e. The molecule has 7 heteroatoms. The third-order valence-electron chi connectivity index (χ3n) is 5.50. The van der Waals surface area contributed by atoms with Gasteiger partial charge in [-0.15, -0.1) is 11.8 Å². The fourth-order valence-corrected chi connectivity index (χ4v) is 5.41. The van der Waals surface area contributed by atoms with Crippen molar-refractivity contribution in [3.63, 3.8) is 0 Å². The number of benzene rings is 2. The Morgan fingerprint density at radius 1 is 1.23 bits per heavy atom. The van der Waals surface area contributed by atoms with E-state index >= 15 is 0 Å². The number of fused-ring (bicyclic) bond motifs is 1. The van der Waals surface area contributed by atoms with Crippen molar-refractivity contribution in [3.8, 4) is 17.6 Å². The molecule has 6 nitrogen and oxygen atoms in total. The van der Waals surface area contributed by atoms with Crippen molar-refractivity contribution in [2.75, 3.05) is 12.9 Å². The van der Waals surface area contributed by atoms with Crippen LogP contribution in [0.5, 0.6) is 11.5 Å². The van der Waals surface area contributed by atoms with Gasteiger partial charge >= 0.3 is 0 Å². The van der Waals surface area contributed by atoms with Crippen LogP contribution in [0.3, 0.4) is 0 Å². The molecule has 2 aromatic carbocycles. The number of aliphatic hydroxyl groups is 1. The lowest BCUT2D eigenvalue weighted by Gasteiger charge is -2.38. The summed E-state index contributed by atoms with van der Waals surface area (Å²) in [5.74, 6) is 1.03. The number of carbonyl (C=O) groups is 1. The zero-order valence-electron chi connectivity index (χ0n) is 17.7. The zero-order chi connectivity index (χ0) is 22.2. The second-order valence-corrected chi connectivity index (χ2v) is 8.85. The molecule has 0 aliphatic carbocycles. The Balaban J connectivity index is 1.71. The Morgan fingerprint density at radius 2 is 1.97 bits per heavy atom. The smallest absolute Gasteiger partial charge is 0.231 e. The summed E-state index contributed by atoms with van der Waals surface area (Å²) in [7, 11) is 1.56. The molecule has 0 unspecified atom stereocenters. The molecule has 0 saturated carbocycles. The van der Waals surface area contributed by atoms with Crippen molar-refractivity contribution in [2.24, 2.45) is 0 Å². The van der Waals surface area contributed by atoms with Gasteiger partial charge in [0.1, 0.15) is 11.5 Å². The zero-order valence-corrected chi connectivity index (χ0v) is 18.5. The Labute approximate surface area is 186 Å². The number of amides is 1. The molecule has 2 aliphatic rings. The summed E-state index contributed by atoms with van der Waals surface area (Å²) in [5.41, 5.74) is 0.424. The van der Waals surface area contributed by atoms with E-state index in [4.69, 9.17) is 9.47 Å². The molecule has 0 bridgehead atoms. The SMILES string of the molecule is COc1cccc([C@@]2(O)CSC3=C(C#N)[C@@H](c4ccc(OC(C)C)cc4)CC(=O)N32)c1. The molecule has 1 amide bonds. The van der Waals surface area contributed by atoms with Crippen LogP contribution in [0.15, 0.2) is 59.1 Å². The average Bonchev–Trinajstić information content (AvgIpc) is 3.13. The molecule has 4 rings (SSSR count). The molecule has 1 N–H and O–H groups in total. The topological polar surface area (TPSA) is 82.8 Å². The molecule has 2 aromatic rings. The summed E-state index contributed by atoms with van der Waals surface area (Å²) in [6.45, 7) is 3.92. The van der Waals surface area contributed by atoms with Gasteiger partial charge in [-0.2, -0.15) is 5.26 Å². The lowest BCUT2D eigenvalue weighted by molar-refractivity contribution is -0.149. The van der Waals surface area contributed by atoms with E-state index in [-0.39, 0.29) is 30.1 Å². The van der Waals surface area contributed by atoms with Crippen molar-refractivity contribution in [2.45, 2.75) is 38.0 Å². The Hall–Kier alpha value is -2.95. The van der Waals surface area contributed by atoms with Gasteiger partial charge in [0.15, 0.2) is 5.72 Å². The monoisotopic (exact) mass is 436 g/mol. The molecule has 2 atom stereocenters. The summed E-state index contributed by atoms with van der Waals surface area (Å²) in [6, 6.07) is 16.9. The van der Waals surface area contributed by atoms with E-state index in [1.54, 1.807) is 31.4 Å². The molecular formula is C24H24N2O4S. The molecule has 160 valence electrons. The number of carbonyl (C=O) groups excluding carboxylic acids is 1. The first-order valence-corrected chi connectivity index (χ1v) is 11.1. The standard InChI is InChI=1S/C24H24N2O4S/c1-15(2)30-18-9-7-16(8-10-18)20-12-22(27)26-23(21(20)13-25)31-14-24(26,28)17-5-4-6-19(11-17)29-3/h4-11,15,20,28H,12,14H2,1-3H3/t20-,24+/m1/s1. The number of thioether (sulfide) groups is 1. The summed E-state index contributed by atoms with van der Waals surface area (Å²) in [6.07, 6.45) is 0.181. The first-order chi connectivity index (χ1) is 14.9. The fourth-order valence-electron chi connectivity index (χ4n) is 4.05. The van der Waals surface area contributed by atoms with E-state index < -0.39 is 5.72 Å². The van der Waals surface area contributed by atoms with Crippen LogP contribution in [0.1, 0.15) is 37.3 Å². The Bertz CT molecular complexity index is 1070. The second-order valence-electron chi connectivity index (χ2n) is 7.89. The van der Waals surface area contributed by atoms with E-state index in [1.807, 2.05) is 38.1 Å². The molecule has 1 saturated heterocycles. The van der Waals surface area contributed by atoms with Gasteiger partial charge in [-0.05, 0) is 43.7 Å². The first kappa shape index (κ1) is 21.3. The highest BCUT2D eigenvalue weighted by Gasteiger charge is 2.51. The number of hydrogen-bond donors (Lipinski definition) is 1.